The number of benzene rings is 1. The topological polar surface area (TPSA) is 89.8 Å². The highest BCUT2D eigenvalue weighted by Crippen LogP contribution is 2.16. The molecule has 0 spiro atoms. The number of para-hydroxylation sites is 1. The summed E-state index contributed by atoms with van der Waals surface area (Å²) >= 11 is 0. The fourth-order valence-electron chi connectivity index (χ4n) is 3.03. The summed E-state index contributed by atoms with van der Waals surface area (Å²) in [5.74, 6) is -0.134. The molecule has 29 heavy (non-hydrogen) atoms. The molecule has 0 unspecified atom stereocenters. The molecular formula is C22H19N5O2. The lowest BCUT2D eigenvalue weighted by molar-refractivity contribution is -0.121. The molecule has 3 heterocycles. The minimum absolute atomic E-state index is 0.134. The van der Waals surface area contributed by atoms with Gasteiger partial charge in [-0.15, -0.1) is 0 Å². The van der Waals surface area contributed by atoms with Gasteiger partial charge in [-0.1, -0.05) is 12.1 Å². The number of fused-ring (bicyclic) bond motifs is 1. The summed E-state index contributed by atoms with van der Waals surface area (Å²) in [6.07, 6.45) is 6.86. The zero-order chi connectivity index (χ0) is 20.1. The normalized spacial score (nSPS) is 10.8. The molecule has 3 aromatic heterocycles. The average molecular weight is 385 g/mol. The second-order valence-corrected chi connectivity index (χ2v) is 6.58. The average Bonchev–Trinajstić information content (AvgIpc) is 2.78. The number of nitrogens with one attached hydrogen (secondary N) is 1. The highest BCUT2D eigenvalue weighted by molar-refractivity contribution is 5.77. The first-order chi connectivity index (χ1) is 14.2. The Bertz CT molecular complexity index is 1200. The molecular weight excluding hydrogens is 366 g/mol. The van der Waals surface area contributed by atoms with E-state index in [0.29, 0.717) is 17.4 Å². The predicted octanol–water partition coefficient (Wildman–Crippen LogP) is 2.56. The summed E-state index contributed by atoms with van der Waals surface area (Å²) in [4.78, 5) is 37.4. The van der Waals surface area contributed by atoms with Gasteiger partial charge in [0.25, 0.3) is 5.56 Å². The van der Waals surface area contributed by atoms with E-state index >= 15 is 0 Å². The second-order valence-electron chi connectivity index (χ2n) is 6.58. The maximum absolute atomic E-state index is 12.5. The Morgan fingerprint density at radius 2 is 1.93 bits per heavy atom. The lowest BCUT2D eigenvalue weighted by Gasteiger charge is -2.09. The summed E-state index contributed by atoms with van der Waals surface area (Å²) in [5.41, 5.74) is 3.18. The number of aryl methyl sites for hydroxylation is 1. The van der Waals surface area contributed by atoms with Crippen LogP contribution >= 0.6 is 0 Å². The van der Waals surface area contributed by atoms with Crippen LogP contribution in [0.1, 0.15) is 12.0 Å². The number of carbonyl (C=O) groups is 1. The number of hydrogen-bond acceptors (Lipinski definition) is 5. The summed E-state index contributed by atoms with van der Waals surface area (Å²) in [6.45, 7) is 0.666. The van der Waals surface area contributed by atoms with Crippen molar-refractivity contribution < 1.29 is 4.79 Å². The largest absolute Gasteiger partial charge is 0.352 e. The minimum Gasteiger partial charge on any atom is -0.352 e. The van der Waals surface area contributed by atoms with Crippen LogP contribution in [-0.4, -0.2) is 25.4 Å². The molecule has 0 aliphatic carbocycles. The van der Waals surface area contributed by atoms with Crippen molar-refractivity contribution in [2.45, 2.75) is 19.5 Å². The number of amides is 1. The lowest BCUT2D eigenvalue weighted by atomic mass is 10.1. The van der Waals surface area contributed by atoms with Crippen LogP contribution in [0.5, 0.6) is 0 Å². The summed E-state index contributed by atoms with van der Waals surface area (Å²) in [5, 5.41) is 3.44. The molecule has 1 aromatic carbocycles. The van der Waals surface area contributed by atoms with Crippen molar-refractivity contribution in [1.82, 2.24) is 24.8 Å². The van der Waals surface area contributed by atoms with Gasteiger partial charge in [0, 0.05) is 43.7 Å². The molecule has 7 heteroatoms. The maximum atomic E-state index is 12.5. The zero-order valence-corrected chi connectivity index (χ0v) is 15.7. The third-order valence-corrected chi connectivity index (χ3v) is 4.58. The maximum Gasteiger partial charge on any atom is 0.261 e. The second kappa shape index (κ2) is 8.43. The van der Waals surface area contributed by atoms with Crippen molar-refractivity contribution in [2.24, 2.45) is 0 Å². The van der Waals surface area contributed by atoms with Crippen LogP contribution in [-0.2, 0) is 17.9 Å². The van der Waals surface area contributed by atoms with E-state index < -0.39 is 0 Å². The van der Waals surface area contributed by atoms with Gasteiger partial charge in [0.1, 0.15) is 0 Å². The molecule has 0 saturated heterocycles. The molecule has 0 atom stereocenters. The van der Waals surface area contributed by atoms with E-state index in [1.807, 2.05) is 30.3 Å². The number of aromatic nitrogens is 4. The first-order valence-electron chi connectivity index (χ1n) is 9.27. The van der Waals surface area contributed by atoms with E-state index in [-0.39, 0.29) is 24.4 Å². The fraction of sp³-hybridized carbons (Fsp3) is 0.136. The molecule has 7 nitrogen and oxygen atoms in total. The standard InChI is InChI=1S/C22H19N5O2/c28-21(8-11-27-15-26-19-6-2-1-5-18(19)22(27)29)25-13-16-7-10-24-20(12-16)17-4-3-9-23-14-17/h1-7,9-10,12,14-15H,8,11,13H2,(H,25,28). The van der Waals surface area contributed by atoms with Crippen LogP contribution in [0.25, 0.3) is 22.2 Å². The van der Waals surface area contributed by atoms with E-state index in [4.69, 9.17) is 0 Å². The van der Waals surface area contributed by atoms with Crippen LogP contribution in [0.4, 0.5) is 0 Å². The van der Waals surface area contributed by atoms with E-state index in [1.165, 1.54) is 10.9 Å². The number of nitrogens with zero attached hydrogens (tertiary/aromatic N) is 4. The smallest absolute Gasteiger partial charge is 0.261 e. The van der Waals surface area contributed by atoms with Gasteiger partial charge in [0.05, 0.1) is 22.9 Å². The molecule has 144 valence electrons. The Morgan fingerprint density at radius 1 is 1.03 bits per heavy atom. The Kier molecular flexibility index (Phi) is 5.38. The van der Waals surface area contributed by atoms with Gasteiger partial charge in [-0.05, 0) is 42.0 Å². The lowest BCUT2D eigenvalue weighted by Crippen LogP contribution is -2.27. The van der Waals surface area contributed by atoms with Crippen LogP contribution in [0.3, 0.4) is 0 Å². The Labute approximate surface area is 167 Å². The Hall–Kier alpha value is -3.87. The molecule has 0 bridgehead atoms. The number of carbonyl (C=O) groups excluding carboxylic acids is 1. The van der Waals surface area contributed by atoms with E-state index in [2.05, 4.69) is 20.3 Å². The van der Waals surface area contributed by atoms with Gasteiger partial charge in [-0.2, -0.15) is 0 Å². The summed E-state index contributed by atoms with van der Waals surface area (Å²) < 4.78 is 1.47. The molecule has 0 saturated carbocycles. The van der Waals surface area contributed by atoms with Gasteiger partial charge in [0.15, 0.2) is 0 Å². The number of pyridine rings is 2. The van der Waals surface area contributed by atoms with Gasteiger partial charge in [-0.3, -0.25) is 24.1 Å². The third-order valence-electron chi connectivity index (χ3n) is 4.58. The Balaban J connectivity index is 1.36. The minimum atomic E-state index is -0.140. The SMILES string of the molecule is O=C(CCn1cnc2ccccc2c1=O)NCc1ccnc(-c2cccnc2)c1. The zero-order valence-electron chi connectivity index (χ0n) is 15.7. The van der Waals surface area contributed by atoms with Gasteiger partial charge < -0.3 is 5.32 Å². The van der Waals surface area contributed by atoms with Crippen molar-refractivity contribution in [3.8, 4) is 11.3 Å². The van der Waals surface area contributed by atoms with Gasteiger partial charge in [0.2, 0.25) is 5.91 Å². The van der Waals surface area contributed by atoms with Crippen molar-refractivity contribution in [3.63, 3.8) is 0 Å². The summed E-state index contributed by atoms with van der Waals surface area (Å²) in [6, 6.07) is 14.8. The van der Waals surface area contributed by atoms with Crippen LogP contribution < -0.4 is 10.9 Å². The van der Waals surface area contributed by atoms with Gasteiger partial charge in [-0.25, -0.2) is 4.98 Å². The number of rotatable bonds is 6. The molecule has 0 aliphatic rings. The summed E-state index contributed by atoms with van der Waals surface area (Å²) in [7, 11) is 0. The van der Waals surface area contributed by atoms with Crippen molar-refractivity contribution in [1.29, 1.82) is 0 Å². The van der Waals surface area contributed by atoms with Gasteiger partial charge >= 0.3 is 0 Å². The monoisotopic (exact) mass is 385 g/mol. The first-order valence-corrected chi connectivity index (χ1v) is 9.27. The molecule has 0 aliphatic heterocycles. The van der Waals surface area contributed by atoms with Crippen LogP contribution in [0, 0.1) is 0 Å². The Morgan fingerprint density at radius 3 is 2.79 bits per heavy atom. The van der Waals surface area contributed by atoms with Crippen molar-refractivity contribution in [2.75, 3.05) is 0 Å². The molecule has 1 N–H and O–H groups in total. The van der Waals surface area contributed by atoms with Crippen molar-refractivity contribution >= 4 is 16.8 Å². The number of hydrogen-bond donors (Lipinski definition) is 1. The molecule has 4 aromatic rings. The van der Waals surface area contributed by atoms with E-state index in [1.54, 1.807) is 36.8 Å². The van der Waals surface area contributed by atoms with Crippen LogP contribution in [0.2, 0.25) is 0 Å². The van der Waals surface area contributed by atoms with Crippen LogP contribution in [0.15, 0.2) is 78.2 Å². The molecule has 0 radical (unpaired) electrons. The van der Waals surface area contributed by atoms with Crippen molar-refractivity contribution in [3.05, 3.63) is 89.4 Å². The molecule has 1 amide bonds. The third kappa shape index (κ3) is 4.35. The fourth-order valence-corrected chi connectivity index (χ4v) is 3.03. The molecule has 4 rings (SSSR count). The molecule has 0 fully saturated rings. The highest BCUT2D eigenvalue weighted by atomic mass is 16.1. The highest BCUT2D eigenvalue weighted by Gasteiger charge is 2.07. The quantitative estimate of drug-likeness (QED) is 0.551. The van der Waals surface area contributed by atoms with E-state index in [9.17, 15) is 9.59 Å². The predicted molar refractivity (Wildman–Crippen MR) is 110 cm³/mol. The first kappa shape index (κ1) is 18.5. The van der Waals surface area contributed by atoms with E-state index in [0.717, 1.165) is 16.8 Å².